The van der Waals surface area contributed by atoms with Crippen LogP contribution in [0.2, 0.25) is 0 Å². The van der Waals surface area contributed by atoms with E-state index in [1.807, 2.05) is 18.2 Å². The number of hydrogen-bond donors (Lipinski definition) is 0. The van der Waals surface area contributed by atoms with Gasteiger partial charge in [0.15, 0.2) is 0 Å². The van der Waals surface area contributed by atoms with E-state index in [9.17, 15) is 4.79 Å². The molecule has 0 saturated carbocycles. The van der Waals surface area contributed by atoms with Crippen molar-refractivity contribution in [2.75, 3.05) is 33.9 Å². The zero-order valence-corrected chi connectivity index (χ0v) is 15.2. The number of rotatable bonds is 11. The topological polar surface area (TPSA) is 38.8 Å². The van der Waals surface area contributed by atoms with Gasteiger partial charge in [-0.05, 0) is 43.1 Å². The van der Waals surface area contributed by atoms with Gasteiger partial charge in [-0.25, -0.2) is 0 Å². The van der Waals surface area contributed by atoms with Crippen LogP contribution in [-0.2, 0) is 4.79 Å². The van der Waals surface area contributed by atoms with Crippen molar-refractivity contribution in [1.82, 2.24) is 4.90 Å². The highest BCUT2D eigenvalue weighted by Crippen LogP contribution is 2.29. The number of methoxy groups -OCH3 is 2. The summed E-state index contributed by atoms with van der Waals surface area (Å²) >= 11 is 0. The van der Waals surface area contributed by atoms with Gasteiger partial charge in [0, 0.05) is 25.5 Å². The zero-order chi connectivity index (χ0) is 17.2. The highest BCUT2D eigenvalue weighted by atomic mass is 16.5. The minimum atomic E-state index is 0.302. The average molecular weight is 321 g/mol. The van der Waals surface area contributed by atoms with Crippen LogP contribution < -0.4 is 9.47 Å². The van der Waals surface area contributed by atoms with E-state index in [1.54, 1.807) is 14.2 Å². The van der Waals surface area contributed by atoms with Crippen molar-refractivity contribution in [2.45, 2.75) is 46.0 Å². The molecule has 4 nitrogen and oxygen atoms in total. The number of hydrogen-bond acceptors (Lipinski definition) is 4. The van der Waals surface area contributed by atoms with Gasteiger partial charge in [-0.3, -0.25) is 4.79 Å². The molecule has 0 bridgehead atoms. The molecule has 0 radical (unpaired) electrons. The van der Waals surface area contributed by atoms with E-state index >= 15 is 0 Å². The first kappa shape index (κ1) is 19.5. The van der Waals surface area contributed by atoms with Crippen LogP contribution in [0.25, 0.3) is 0 Å². The Balaban J connectivity index is 2.53. The van der Waals surface area contributed by atoms with Crippen LogP contribution in [0.5, 0.6) is 11.5 Å². The molecule has 0 fully saturated rings. The summed E-state index contributed by atoms with van der Waals surface area (Å²) in [6.07, 6.45) is 2.13. The maximum absolute atomic E-state index is 12.1. The SMILES string of the molecule is CCN(CC)CCC(=O)CCC(C)c1cc(OC)cc(OC)c1. The first-order valence-corrected chi connectivity index (χ1v) is 8.51. The van der Waals surface area contributed by atoms with E-state index in [2.05, 4.69) is 25.7 Å². The van der Waals surface area contributed by atoms with Gasteiger partial charge in [0.05, 0.1) is 14.2 Å². The Bertz CT molecular complexity index is 461. The monoisotopic (exact) mass is 321 g/mol. The number of nitrogens with zero attached hydrogens (tertiary/aromatic N) is 1. The molecule has 1 unspecified atom stereocenters. The highest BCUT2D eigenvalue weighted by Gasteiger charge is 2.12. The highest BCUT2D eigenvalue weighted by molar-refractivity contribution is 5.78. The molecule has 1 aromatic carbocycles. The Labute approximate surface area is 140 Å². The summed E-state index contributed by atoms with van der Waals surface area (Å²) in [7, 11) is 3.31. The van der Waals surface area contributed by atoms with E-state index in [0.29, 0.717) is 24.5 Å². The zero-order valence-electron chi connectivity index (χ0n) is 15.2. The minimum Gasteiger partial charge on any atom is -0.497 e. The quantitative estimate of drug-likeness (QED) is 0.620. The lowest BCUT2D eigenvalue weighted by atomic mass is 9.94. The fourth-order valence-corrected chi connectivity index (χ4v) is 2.61. The molecule has 0 aliphatic rings. The van der Waals surface area contributed by atoms with Gasteiger partial charge in [-0.1, -0.05) is 20.8 Å². The molecular formula is C19H31NO3. The second-order valence-corrected chi connectivity index (χ2v) is 5.90. The third-order valence-electron chi connectivity index (χ3n) is 4.40. The van der Waals surface area contributed by atoms with Crippen molar-refractivity contribution in [2.24, 2.45) is 0 Å². The summed E-state index contributed by atoms with van der Waals surface area (Å²) in [6, 6.07) is 5.91. The largest absolute Gasteiger partial charge is 0.497 e. The van der Waals surface area contributed by atoms with E-state index in [0.717, 1.165) is 43.1 Å². The maximum atomic E-state index is 12.1. The standard InChI is InChI=1S/C19H31NO3/c1-6-20(7-2)11-10-17(21)9-8-15(3)16-12-18(22-4)14-19(13-16)23-5/h12-15H,6-11H2,1-5H3. The molecule has 1 rings (SSSR count). The summed E-state index contributed by atoms with van der Waals surface area (Å²) in [6.45, 7) is 9.28. The molecule has 0 aliphatic carbocycles. The molecule has 0 saturated heterocycles. The van der Waals surface area contributed by atoms with Gasteiger partial charge >= 0.3 is 0 Å². The average Bonchev–Trinajstić information content (AvgIpc) is 2.59. The number of carbonyl (C=O) groups is 1. The van der Waals surface area contributed by atoms with Gasteiger partial charge in [-0.2, -0.15) is 0 Å². The summed E-state index contributed by atoms with van der Waals surface area (Å²) in [5.74, 6) is 2.23. The minimum absolute atomic E-state index is 0.302. The third-order valence-corrected chi connectivity index (χ3v) is 4.40. The Hall–Kier alpha value is -1.55. The van der Waals surface area contributed by atoms with E-state index in [-0.39, 0.29) is 0 Å². The molecule has 1 aromatic rings. The molecule has 130 valence electrons. The van der Waals surface area contributed by atoms with Crippen molar-refractivity contribution in [3.8, 4) is 11.5 Å². The van der Waals surface area contributed by atoms with Crippen LogP contribution in [0.15, 0.2) is 18.2 Å². The van der Waals surface area contributed by atoms with Crippen molar-refractivity contribution < 1.29 is 14.3 Å². The predicted molar refractivity (Wildman–Crippen MR) is 94.6 cm³/mol. The van der Waals surface area contributed by atoms with Crippen molar-refractivity contribution >= 4 is 5.78 Å². The van der Waals surface area contributed by atoms with Crippen LogP contribution in [0.4, 0.5) is 0 Å². The van der Waals surface area contributed by atoms with Gasteiger partial charge < -0.3 is 14.4 Å². The normalized spacial score (nSPS) is 12.3. The molecule has 0 N–H and O–H groups in total. The number of ether oxygens (including phenoxy) is 2. The second kappa shape index (κ2) is 10.3. The Morgan fingerprint density at radius 2 is 1.61 bits per heavy atom. The Morgan fingerprint density at radius 3 is 2.09 bits per heavy atom. The number of ketones is 1. The third kappa shape index (κ3) is 6.61. The first-order chi connectivity index (χ1) is 11.0. The molecule has 23 heavy (non-hydrogen) atoms. The molecular weight excluding hydrogens is 290 g/mol. The lowest BCUT2D eigenvalue weighted by molar-refractivity contribution is -0.119. The predicted octanol–water partition coefficient (Wildman–Crippen LogP) is 3.89. The molecule has 1 atom stereocenters. The molecule has 0 aromatic heterocycles. The lowest BCUT2D eigenvalue weighted by Crippen LogP contribution is -2.25. The van der Waals surface area contributed by atoms with Gasteiger partial charge in [-0.15, -0.1) is 0 Å². The van der Waals surface area contributed by atoms with Gasteiger partial charge in [0.25, 0.3) is 0 Å². The molecule has 0 amide bonds. The van der Waals surface area contributed by atoms with Gasteiger partial charge in [0.2, 0.25) is 0 Å². The van der Waals surface area contributed by atoms with Crippen LogP contribution in [-0.4, -0.2) is 44.5 Å². The fourth-order valence-electron chi connectivity index (χ4n) is 2.61. The smallest absolute Gasteiger partial charge is 0.134 e. The van der Waals surface area contributed by atoms with Crippen molar-refractivity contribution in [3.05, 3.63) is 23.8 Å². The summed E-state index contributed by atoms with van der Waals surface area (Å²) in [5, 5.41) is 0. The molecule has 4 heteroatoms. The maximum Gasteiger partial charge on any atom is 0.134 e. The number of carbonyl (C=O) groups excluding carboxylic acids is 1. The van der Waals surface area contributed by atoms with Crippen LogP contribution in [0.3, 0.4) is 0 Å². The first-order valence-electron chi connectivity index (χ1n) is 8.51. The molecule has 0 aliphatic heterocycles. The lowest BCUT2D eigenvalue weighted by Gasteiger charge is -2.18. The number of Topliss-reactive ketones (excluding diaryl/α,β-unsaturated/α-hetero) is 1. The summed E-state index contributed by atoms with van der Waals surface area (Å²) in [5.41, 5.74) is 1.15. The van der Waals surface area contributed by atoms with Crippen LogP contribution >= 0.6 is 0 Å². The van der Waals surface area contributed by atoms with E-state index in [1.165, 1.54) is 0 Å². The fraction of sp³-hybridized carbons (Fsp3) is 0.632. The summed E-state index contributed by atoms with van der Waals surface area (Å²) < 4.78 is 10.6. The van der Waals surface area contributed by atoms with Gasteiger partial charge in [0.1, 0.15) is 17.3 Å². The van der Waals surface area contributed by atoms with E-state index < -0.39 is 0 Å². The second-order valence-electron chi connectivity index (χ2n) is 5.90. The van der Waals surface area contributed by atoms with E-state index in [4.69, 9.17) is 9.47 Å². The van der Waals surface area contributed by atoms with Crippen molar-refractivity contribution in [3.63, 3.8) is 0 Å². The van der Waals surface area contributed by atoms with Crippen LogP contribution in [0, 0.1) is 0 Å². The number of benzene rings is 1. The Morgan fingerprint density at radius 1 is 1.04 bits per heavy atom. The Kier molecular flexibility index (Phi) is 8.70. The van der Waals surface area contributed by atoms with Crippen LogP contribution in [0.1, 0.15) is 51.5 Å². The summed E-state index contributed by atoms with van der Waals surface area (Å²) in [4.78, 5) is 14.4. The van der Waals surface area contributed by atoms with Crippen molar-refractivity contribution in [1.29, 1.82) is 0 Å². The molecule has 0 spiro atoms. The molecule has 0 heterocycles.